The Hall–Kier alpha value is -2.47. The van der Waals surface area contributed by atoms with Gasteiger partial charge in [-0.1, -0.05) is 18.2 Å². The normalized spacial score (nSPS) is 10.6. The lowest BCUT2D eigenvalue weighted by Gasteiger charge is -2.07. The van der Waals surface area contributed by atoms with Crippen LogP contribution in [-0.4, -0.2) is 21.0 Å². The standard InChI is InChI=1S/C14H11N3O2S/c18-14(19)12-8-20-13(17-12)7-16-11-5-6-15-10-4-2-1-3-9(10)11/h1-6,8H,7H2,(H,15,16)(H,18,19). The smallest absolute Gasteiger partial charge is 0.355 e. The quantitative estimate of drug-likeness (QED) is 0.770. The zero-order chi connectivity index (χ0) is 13.9. The molecule has 5 nitrogen and oxygen atoms in total. The first-order valence-corrected chi connectivity index (χ1v) is 6.87. The van der Waals surface area contributed by atoms with Crippen LogP contribution in [0.5, 0.6) is 0 Å². The molecule has 1 aromatic carbocycles. The van der Waals surface area contributed by atoms with Crippen LogP contribution in [0, 0.1) is 0 Å². The van der Waals surface area contributed by atoms with E-state index in [2.05, 4.69) is 15.3 Å². The van der Waals surface area contributed by atoms with Crippen LogP contribution in [0.4, 0.5) is 5.69 Å². The largest absolute Gasteiger partial charge is 0.476 e. The molecule has 0 bridgehead atoms. The number of nitrogens with zero attached hydrogens (tertiary/aromatic N) is 2. The Morgan fingerprint density at radius 3 is 2.95 bits per heavy atom. The number of fused-ring (bicyclic) bond motifs is 1. The molecule has 0 unspecified atom stereocenters. The summed E-state index contributed by atoms with van der Waals surface area (Å²) < 4.78 is 0. The second-order valence-electron chi connectivity index (χ2n) is 4.16. The summed E-state index contributed by atoms with van der Waals surface area (Å²) in [6, 6.07) is 9.75. The summed E-state index contributed by atoms with van der Waals surface area (Å²) in [5.74, 6) is -0.998. The molecule has 0 atom stereocenters. The first-order chi connectivity index (χ1) is 9.74. The highest BCUT2D eigenvalue weighted by atomic mass is 32.1. The zero-order valence-electron chi connectivity index (χ0n) is 10.4. The fourth-order valence-corrected chi connectivity index (χ4v) is 2.62. The van der Waals surface area contributed by atoms with Crippen LogP contribution < -0.4 is 5.32 Å². The van der Waals surface area contributed by atoms with E-state index in [-0.39, 0.29) is 5.69 Å². The van der Waals surface area contributed by atoms with E-state index in [1.54, 1.807) is 11.6 Å². The number of benzene rings is 1. The molecule has 2 heterocycles. The number of thiazole rings is 1. The van der Waals surface area contributed by atoms with Crippen LogP contribution in [0.15, 0.2) is 41.9 Å². The van der Waals surface area contributed by atoms with Crippen molar-refractivity contribution in [2.75, 3.05) is 5.32 Å². The van der Waals surface area contributed by atoms with Gasteiger partial charge in [0.1, 0.15) is 5.01 Å². The van der Waals surface area contributed by atoms with Crippen molar-refractivity contribution in [3.8, 4) is 0 Å². The Balaban J connectivity index is 1.81. The lowest BCUT2D eigenvalue weighted by atomic mass is 10.2. The van der Waals surface area contributed by atoms with Crippen LogP contribution in [-0.2, 0) is 6.54 Å². The Bertz CT molecular complexity index is 764. The van der Waals surface area contributed by atoms with Crippen molar-refractivity contribution in [2.24, 2.45) is 0 Å². The number of aromatic carboxylic acids is 1. The number of pyridine rings is 1. The molecule has 0 saturated carbocycles. The van der Waals surface area contributed by atoms with Gasteiger partial charge in [-0.2, -0.15) is 0 Å². The predicted molar refractivity (Wildman–Crippen MR) is 78.1 cm³/mol. The van der Waals surface area contributed by atoms with Crippen LogP contribution in [0.1, 0.15) is 15.5 Å². The average Bonchev–Trinajstić information content (AvgIpc) is 2.94. The summed E-state index contributed by atoms with van der Waals surface area (Å²) >= 11 is 1.33. The van der Waals surface area contributed by atoms with Crippen molar-refractivity contribution in [3.63, 3.8) is 0 Å². The minimum absolute atomic E-state index is 0.0892. The van der Waals surface area contributed by atoms with Crippen molar-refractivity contribution in [1.29, 1.82) is 0 Å². The molecular formula is C14H11N3O2S. The summed E-state index contributed by atoms with van der Waals surface area (Å²) in [7, 11) is 0. The maximum absolute atomic E-state index is 10.8. The van der Waals surface area contributed by atoms with Gasteiger partial charge < -0.3 is 10.4 Å². The van der Waals surface area contributed by atoms with Crippen molar-refractivity contribution in [3.05, 3.63) is 52.6 Å². The molecule has 100 valence electrons. The summed E-state index contributed by atoms with van der Waals surface area (Å²) in [5, 5.41) is 15.4. The Kier molecular flexibility index (Phi) is 3.30. The van der Waals surface area contributed by atoms with E-state index in [4.69, 9.17) is 5.11 Å². The molecule has 0 aliphatic heterocycles. The van der Waals surface area contributed by atoms with Crippen molar-refractivity contribution < 1.29 is 9.90 Å². The van der Waals surface area contributed by atoms with E-state index < -0.39 is 5.97 Å². The van der Waals surface area contributed by atoms with Crippen LogP contribution in [0.2, 0.25) is 0 Å². The third-order valence-electron chi connectivity index (χ3n) is 2.85. The lowest BCUT2D eigenvalue weighted by molar-refractivity contribution is 0.0691. The van der Waals surface area contributed by atoms with E-state index in [9.17, 15) is 4.79 Å². The molecule has 20 heavy (non-hydrogen) atoms. The molecule has 0 saturated heterocycles. The number of carboxylic acid groups (broad SMARTS) is 1. The number of rotatable bonds is 4. The van der Waals surface area contributed by atoms with Crippen LogP contribution in [0.25, 0.3) is 10.9 Å². The zero-order valence-corrected chi connectivity index (χ0v) is 11.2. The Morgan fingerprint density at radius 2 is 2.15 bits per heavy atom. The molecule has 0 amide bonds. The molecular weight excluding hydrogens is 274 g/mol. The fraction of sp³-hybridized carbons (Fsp3) is 0.0714. The van der Waals surface area contributed by atoms with Gasteiger partial charge in [0, 0.05) is 22.7 Å². The number of hydrogen-bond donors (Lipinski definition) is 2. The van der Waals surface area contributed by atoms with E-state index in [1.807, 2.05) is 30.3 Å². The molecule has 6 heteroatoms. The summed E-state index contributed by atoms with van der Waals surface area (Å²) in [6.45, 7) is 0.492. The molecule has 0 radical (unpaired) electrons. The summed E-state index contributed by atoms with van der Waals surface area (Å²) in [5.41, 5.74) is 1.97. The van der Waals surface area contributed by atoms with Crippen LogP contribution >= 0.6 is 11.3 Å². The van der Waals surface area contributed by atoms with Crippen molar-refractivity contribution in [1.82, 2.24) is 9.97 Å². The number of para-hydroxylation sites is 1. The lowest BCUT2D eigenvalue weighted by Crippen LogP contribution is -2.02. The predicted octanol–water partition coefficient (Wildman–Crippen LogP) is 3.00. The van der Waals surface area contributed by atoms with Gasteiger partial charge in [-0.05, 0) is 12.1 Å². The van der Waals surface area contributed by atoms with E-state index in [0.29, 0.717) is 6.54 Å². The number of nitrogens with one attached hydrogen (secondary N) is 1. The molecule has 0 fully saturated rings. The van der Waals surface area contributed by atoms with Gasteiger partial charge in [0.15, 0.2) is 5.69 Å². The van der Waals surface area contributed by atoms with E-state index >= 15 is 0 Å². The van der Waals surface area contributed by atoms with Crippen molar-refractivity contribution in [2.45, 2.75) is 6.54 Å². The van der Waals surface area contributed by atoms with Gasteiger partial charge in [0.2, 0.25) is 0 Å². The number of carbonyl (C=O) groups is 1. The Labute approximate surface area is 118 Å². The molecule has 3 aromatic rings. The summed E-state index contributed by atoms with van der Waals surface area (Å²) in [4.78, 5) is 19.1. The van der Waals surface area contributed by atoms with E-state index in [1.165, 1.54) is 11.3 Å². The molecule has 2 N–H and O–H groups in total. The highest BCUT2D eigenvalue weighted by Gasteiger charge is 2.08. The average molecular weight is 285 g/mol. The number of anilines is 1. The minimum Gasteiger partial charge on any atom is -0.476 e. The fourth-order valence-electron chi connectivity index (χ4n) is 1.91. The maximum atomic E-state index is 10.8. The minimum atomic E-state index is -0.998. The first-order valence-electron chi connectivity index (χ1n) is 5.99. The van der Waals surface area contributed by atoms with Gasteiger partial charge in [-0.3, -0.25) is 4.98 Å². The SMILES string of the molecule is O=C(O)c1csc(CNc2ccnc3ccccc23)n1. The highest BCUT2D eigenvalue weighted by molar-refractivity contribution is 7.09. The van der Waals surface area contributed by atoms with Crippen LogP contribution in [0.3, 0.4) is 0 Å². The number of carboxylic acids is 1. The highest BCUT2D eigenvalue weighted by Crippen LogP contribution is 2.22. The summed E-state index contributed by atoms with van der Waals surface area (Å²) in [6.07, 6.45) is 1.75. The topological polar surface area (TPSA) is 75.1 Å². The van der Waals surface area contributed by atoms with Gasteiger partial charge in [0.05, 0.1) is 12.1 Å². The second kappa shape index (κ2) is 5.26. The number of aromatic nitrogens is 2. The molecule has 2 aromatic heterocycles. The third kappa shape index (κ3) is 2.46. The van der Waals surface area contributed by atoms with Gasteiger partial charge in [-0.25, -0.2) is 9.78 Å². The first kappa shape index (κ1) is 12.6. The molecule has 3 rings (SSSR count). The van der Waals surface area contributed by atoms with Crippen molar-refractivity contribution >= 4 is 33.9 Å². The third-order valence-corrected chi connectivity index (χ3v) is 3.70. The molecule has 0 aliphatic carbocycles. The van der Waals surface area contributed by atoms with Gasteiger partial charge in [0.25, 0.3) is 0 Å². The van der Waals surface area contributed by atoms with Gasteiger partial charge in [-0.15, -0.1) is 11.3 Å². The second-order valence-corrected chi connectivity index (χ2v) is 5.10. The maximum Gasteiger partial charge on any atom is 0.355 e. The monoisotopic (exact) mass is 285 g/mol. The Morgan fingerprint density at radius 1 is 1.30 bits per heavy atom. The van der Waals surface area contributed by atoms with Gasteiger partial charge >= 0.3 is 5.97 Å². The van der Waals surface area contributed by atoms with E-state index in [0.717, 1.165) is 21.6 Å². The number of hydrogen-bond acceptors (Lipinski definition) is 5. The molecule has 0 spiro atoms. The molecule has 0 aliphatic rings.